The van der Waals surface area contributed by atoms with Gasteiger partial charge in [0.05, 0.1) is 11.4 Å². The zero-order valence-corrected chi connectivity index (χ0v) is 36.6. The molecule has 10 aromatic rings. The molecule has 0 aliphatic rings. The molecule has 0 fully saturated rings. The second-order valence-electron chi connectivity index (χ2n) is 21.3. The summed E-state index contributed by atoms with van der Waals surface area (Å²) in [5.74, 6) is 0. The Morgan fingerprint density at radius 2 is 0.650 bits per heavy atom. The molecule has 0 amide bonds. The first kappa shape index (κ1) is 38.1. The van der Waals surface area contributed by atoms with Crippen molar-refractivity contribution in [3.05, 3.63) is 149 Å². The maximum absolute atomic E-state index is 15.0. The highest BCUT2D eigenvalue weighted by Crippen LogP contribution is 2.48. The summed E-state index contributed by atoms with van der Waals surface area (Å²) in [5.41, 5.74) is 2.68. The molecular weight excluding hydrogens is 741 g/mol. The van der Waals surface area contributed by atoms with Crippen molar-refractivity contribution in [3.63, 3.8) is 0 Å². The van der Waals surface area contributed by atoms with Gasteiger partial charge in [-0.15, -0.1) is 0 Å². The second-order valence-corrected chi connectivity index (χ2v) is 21.3. The summed E-state index contributed by atoms with van der Waals surface area (Å²) in [6.45, 7) is 25.4. The molecule has 0 radical (unpaired) electrons. The topological polar surface area (TPSA) is 78.1 Å². The fourth-order valence-electron chi connectivity index (χ4n) is 10.0. The maximum Gasteiger partial charge on any atom is 0.266 e. The van der Waals surface area contributed by atoms with Gasteiger partial charge in [0.25, 0.3) is 22.2 Å². The van der Waals surface area contributed by atoms with Crippen LogP contribution in [0.25, 0.3) is 86.8 Å². The molecule has 2 aromatic heterocycles. The smallest absolute Gasteiger partial charge is 0.266 e. The highest BCUT2D eigenvalue weighted by atomic mass is 16.2. The number of pyridine rings is 2. The van der Waals surface area contributed by atoms with Crippen LogP contribution < -0.4 is 22.2 Å². The Morgan fingerprint density at radius 1 is 0.317 bits per heavy atom. The molecule has 0 saturated heterocycles. The van der Waals surface area contributed by atoms with Crippen LogP contribution in [0.4, 0.5) is 0 Å². The van der Waals surface area contributed by atoms with Crippen LogP contribution in [0.1, 0.15) is 105 Å². The van der Waals surface area contributed by atoms with Gasteiger partial charge in [0, 0.05) is 32.3 Å². The monoisotopic (exact) mass is 790 g/mol. The van der Waals surface area contributed by atoms with E-state index in [0.29, 0.717) is 43.7 Å². The van der Waals surface area contributed by atoms with E-state index in [2.05, 4.69) is 107 Å². The van der Waals surface area contributed by atoms with E-state index in [1.54, 1.807) is 0 Å². The molecule has 300 valence electrons. The van der Waals surface area contributed by atoms with Crippen LogP contribution in [0.2, 0.25) is 0 Å². The molecular formula is C54H50N2O4. The molecule has 8 aromatic carbocycles. The minimum atomic E-state index is -0.348. The molecule has 2 heterocycles. The normalized spacial score (nSPS) is 13.6. The van der Waals surface area contributed by atoms with E-state index < -0.39 is 0 Å². The van der Waals surface area contributed by atoms with Crippen LogP contribution in [0.5, 0.6) is 0 Å². The molecule has 6 nitrogen and oxygen atoms in total. The van der Waals surface area contributed by atoms with E-state index in [-0.39, 0.29) is 43.9 Å². The molecule has 0 spiro atoms. The SMILES string of the molecule is CC(C)(C)c1ccc(C(C)(C)C)c(-n2c(=O)c3ccc4c5ccc6c(=O)n(-c7cc(C(C)(C)C)ccc7C(C)(C)C)c(=O)c7cc8ccc9cc(c2=O)c3c4c9c8c5c67)c1. The fraction of sp³-hybridized carbons (Fsp3) is 0.296. The summed E-state index contributed by atoms with van der Waals surface area (Å²) in [6, 6.07) is 28.0. The van der Waals surface area contributed by atoms with Crippen LogP contribution in [0, 0.1) is 0 Å². The summed E-state index contributed by atoms with van der Waals surface area (Å²) in [6.07, 6.45) is 0. The second kappa shape index (κ2) is 11.8. The van der Waals surface area contributed by atoms with E-state index >= 15 is 9.59 Å². The zero-order chi connectivity index (χ0) is 42.9. The molecule has 0 unspecified atom stereocenters. The lowest BCUT2D eigenvalue weighted by atomic mass is 9.80. The number of fused-ring (bicyclic) bond motifs is 1. The van der Waals surface area contributed by atoms with Gasteiger partial charge in [-0.1, -0.05) is 132 Å². The molecule has 0 saturated carbocycles. The molecule has 60 heavy (non-hydrogen) atoms. The minimum Gasteiger partial charge on any atom is -0.268 e. The van der Waals surface area contributed by atoms with Crippen molar-refractivity contribution in [1.29, 1.82) is 0 Å². The number of hydrogen-bond acceptors (Lipinski definition) is 4. The largest absolute Gasteiger partial charge is 0.268 e. The van der Waals surface area contributed by atoms with Crippen LogP contribution in [0.15, 0.2) is 104 Å². The number of benzene rings is 8. The molecule has 0 bridgehead atoms. The van der Waals surface area contributed by atoms with Gasteiger partial charge in [0.2, 0.25) is 0 Å². The Bertz CT molecular complexity index is 3460. The third-order valence-corrected chi connectivity index (χ3v) is 13.2. The fourth-order valence-corrected chi connectivity index (χ4v) is 10.0. The summed E-state index contributed by atoms with van der Waals surface area (Å²) in [5, 5.41) is 10.2. The van der Waals surface area contributed by atoms with E-state index in [0.717, 1.165) is 65.3 Å². The first-order valence-electron chi connectivity index (χ1n) is 21.0. The number of hydrogen-bond donors (Lipinski definition) is 0. The number of aromatic nitrogens is 2. The van der Waals surface area contributed by atoms with Crippen molar-refractivity contribution >= 4 is 75.4 Å². The predicted molar refractivity (Wildman–Crippen MR) is 252 cm³/mol. The highest BCUT2D eigenvalue weighted by molar-refractivity contribution is 6.45. The average molecular weight is 791 g/mol. The lowest BCUT2D eigenvalue weighted by Gasteiger charge is -2.28. The lowest BCUT2D eigenvalue weighted by Crippen LogP contribution is -2.34. The van der Waals surface area contributed by atoms with E-state index in [1.807, 2.05) is 60.7 Å². The molecule has 0 aliphatic carbocycles. The van der Waals surface area contributed by atoms with Gasteiger partial charge in [0.1, 0.15) is 0 Å². The molecule has 6 heteroatoms. The summed E-state index contributed by atoms with van der Waals surface area (Å²) in [7, 11) is 0. The van der Waals surface area contributed by atoms with Crippen LogP contribution in [-0.2, 0) is 21.7 Å². The Kier molecular flexibility index (Phi) is 7.48. The summed E-state index contributed by atoms with van der Waals surface area (Å²) < 4.78 is 2.79. The first-order chi connectivity index (χ1) is 28.0. The Labute approximate surface area is 348 Å². The summed E-state index contributed by atoms with van der Waals surface area (Å²) >= 11 is 0. The van der Waals surface area contributed by atoms with Crippen LogP contribution >= 0.6 is 0 Å². The van der Waals surface area contributed by atoms with Crippen molar-refractivity contribution < 1.29 is 0 Å². The quantitative estimate of drug-likeness (QED) is 0.129. The van der Waals surface area contributed by atoms with Gasteiger partial charge < -0.3 is 0 Å². The molecule has 10 rings (SSSR count). The van der Waals surface area contributed by atoms with Gasteiger partial charge in [-0.05, 0) is 123 Å². The van der Waals surface area contributed by atoms with E-state index in [1.165, 1.54) is 9.13 Å². The standard InChI is InChI=1S/C54H50N2O4/c1-51(2,3)29-15-21-37(53(7,8)9)39(25-29)55-47(57)33-19-17-31-32-18-20-34-44-36(24-28-14-13-27-23-35(49(55)59)43(33)45(31)41(27)42(28)46(32)44)50(60)56(48(34)58)40-26-30(52(4,5)6)16-22-38(40)54(10,11)12/h13-26H,1-12H3. The average Bonchev–Trinajstić information content (AvgIpc) is 3.16. The van der Waals surface area contributed by atoms with Crippen molar-refractivity contribution in [2.45, 2.75) is 105 Å². The summed E-state index contributed by atoms with van der Waals surface area (Å²) in [4.78, 5) is 59.9. The lowest BCUT2D eigenvalue weighted by molar-refractivity contribution is 0.572. The third-order valence-electron chi connectivity index (χ3n) is 13.2. The Balaban J connectivity index is 1.34. The Morgan fingerprint density at radius 3 is 0.983 bits per heavy atom. The Hall–Kier alpha value is -6.14. The van der Waals surface area contributed by atoms with Gasteiger partial charge >= 0.3 is 0 Å². The molecule has 0 N–H and O–H groups in total. The molecule has 0 atom stereocenters. The van der Waals surface area contributed by atoms with Crippen LogP contribution in [0.3, 0.4) is 0 Å². The van der Waals surface area contributed by atoms with Crippen molar-refractivity contribution in [1.82, 2.24) is 9.13 Å². The van der Waals surface area contributed by atoms with Gasteiger partial charge in [0.15, 0.2) is 0 Å². The molecule has 0 aliphatic heterocycles. The van der Waals surface area contributed by atoms with Crippen molar-refractivity contribution in [2.75, 3.05) is 0 Å². The number of rotatable bonds is 2. The van der Waals surface area contributed by atoms with Gasteiger partial charge in [-0.2, -0.15) is 0 Å². The van der Waals surface area contributed by atoms with Crippen LogP contribution in [-0.4, -0.2) is 9.13 Å². The third kappa shape index (κ3) is 5.06. The van der Waals surface area contributed by atoms with Crippen molar-refractivity contribution in [2.24, 2.45) is 0 Å². The van der Waals surface area contributed by atoms with E-state index in [4.69, 9.17) is 0 Å². The zero-order valence-electron chi connectivity index (χ0n) is 36.6. The minimum absolute atomic E-state index is 0.201. The predicted octanol–water partition coefficient (Wildman–Crippen LogP) is 11.7. The van der Waals surface area contributed by atoms with E-state index in [9.17, 15) is 9.59 Å². The van der Waals surface area contributed by atoms with Gasteiger partial charge in [-0.3, -0.25) is 19.2 Å². The first-order valence-corrected chi connectivity index (χ1v) is 21.0. The number of nitrogens with zero attached hydrogens (tertiary/aromatic N) is 2. The highest BCUT2D eigenvalue weighted by Gasteiger charge is 2.30. The van der Waals surface area contributed by atoms with Crippen molar-refractivity contribution in [3.8, 4) is 11.4 Å². The van der Waals surface area contributed by atoms with Gasteiger partial charge in [-0.25, -0.2) is 9.13 Å². The maximum atomic E-state index is 15.0.